The van der Waals surface area contributed by atoms with Crippen molar-refractivity contribution >= 4 is 39.8 Å². The van der Waals surface area contributed by atoms with Gasteiger partial charge in [0.2, 0.25) is 0 Å². The number of phenolic OH excluding ortho intramolecular Hbond substituents is 1. The molecule has 1 heterocycles. The van der Waals surface area contributed by atoms with Gasteiger partial charge in [-0.2, -0.15) is 5.10 Å². The number of carbonyl (C=O) groups excluding carboxylic acids is 1. The Morgan fingerprint density at radius 2 is 2.07 bits per heavy atom. The number of aromatic nitrogens is 3. The third-order valence-corrected chi connectivity index (χ3v) is 5.46. The Labute approximate surface area is 180 Å². The average Bonchev–Trinajstić information content (AvgIpc) is 3.09. The summed E-state index contributed by atoms with van der Waals surface area (Å²) in [5.74, 6) is 0.823. The van der Waals surface area contributed by atoms with E-state index in [0.717, 1.165) is 10.0 Å². The van der Waals surface area contributed by atoms with Gasteiger partial charge in [0.25, 0.3) is 5.91 Å². The number of aromatic hydroxyl groups is 1. The first-order chi connectivity index (χ1) is 14.0. The van der Waals surface area contributed by atoms with Crippen LogP contribution in [-0.2, 0) is 11.8 Å². The van der Waals surface area contributed by atoms with Crippen LogP contribution in [0, 0.1) is 0 Å². The molecular weight excluding hydrogens is 458 g/mol. The van der Waals surface area contributed by atoms with E-state index in [2.05, 4.69) is 36.7 Å². The van der Waals surface area contributed by atoms with Gasteiger partial charge in [0.1, 0.15) is 0 Å². The zero-order chi connectivity index (χ0) is 20.8. The fourth-order valence-electron chi connectivity index (χ4n) is 2.44. The maximum Gasteiger partial charge on any atom is 0.250 e. The Balaban J connectivity index is 1.57. The summed E-state index contributed by atoms with van der Waals surface area (Å²) < 4.78 is 7.85. The Morgan fingerprint density at radius 1 is 1.31 bits per heavy atom. The number of hydrazone groups is 1. The van der Waals surface area contributed by atoms with E-state index in [-0.39, 0.29) is 17.4 Å². The van der Waals surface area contributed by atoms with Gasteiger partial charge in [-0.15, -0.1) is 10.2 Å². The summed E-state index contributed by atoms with van der Waals surface area (Å²) in [6.07, 6.45) is 1.36. The number of hydrogen-bond donors (Lipinski definition) is 2. The molecule has 1 amide bonds. The van der Waals surface area contributed by atoms with Crippen molar-refractivity contribution in [2.24, 2.45) is 12.1 Å². The Bertz CT molecular complexity index is 1040. The van der Waals surface area contributed by atoms with Gasteiger partial charge in [-0.25, -0.2) is 5.43 Å². The lowest BCUT2D eigenvalue weighted by atomic mass is 10.2. The molecule has 0 aliphatic carbocycles. The van der Waals surface area contributed by atoms with E-state index >= 15 is 0 Å². The van der Waals surface area contributed by atoms with Gasteiger partial charge in [0, 0.05) is 22.6 Å². The number of ether oxygens (including phenoxy) is 1. The second-order valence-electron chi connectivity index (χ2n) is 5.85. The van der Waals surface area contributed by atoms with Crippen molar-refractivity contribution < 1.29 is 14.6 Å². The van der Waals surface area contributed by atoms with Crippen LogP contribution in [0.5, 0.6) is 11.5 Å². The predicted molar refractivity (Wildman–Crippen MR) is 115 cm³/mol. The predicted octanol–water partition coefficient (Wildman–Crippen LogP) is 3.20. The van der Waals surface area contributed by atoms with Crippen LogP contribution >= 0.6 is 27.7 Å². The van der Waals surface area contributed by atoms with Crippen molar-refractivity contribution in [2.75, 3.05) is 12.9 Å². The summed E-state index contributed by atoms with van der Waals surface area (Å²) in [7, 11) is 3.31. The molecule has 0 fully saturated rings. The molecule has 0 saturated carbocycles. The normalized spacial score (nSPS) is 11.0. The molecule has 0 bridgehead atoms. The van der Waals surface area contributed by atoms with Gasteiger partial charge >= 0.3 is 0 Å². The van der Waals surface area contributed by atoms with E-state index in [0.29, 0.717) is 22.3 Å². The zero-order valence-corrected chi connectivity index (χ0v) is 18.1. The van der Waals surface area contributed by atoms with Crippen LogP contribution in [0.15, 0.2) is 57.2 Å². The highest BCUT2D eigenvalue weighted by Crippen LogP contribution is 2.28. The van der Waals surface area contributed by atoms with Gasteiger partial charge in [-0.3, -0.25) is 4.79 Å². The highest BCUT2D eigenvalue weighted by molar-refractivity contribution is 9.10. The minimum atomic E-state index is -0.304. The van der Waals surface area contributed by atoms with Crippen LogP contribution in [0.2, 0.25) is 0 Å². The lowest BCUT2D eigenvalue weighted by Crippen LogP contribution is -2.19. The number of halogens is 1. The molecule has 2 aromatic carbocycles. The molecule has 2 N–H and O–H groups in total. The first kappa shape index (κ1) is 20.9. The van der Waals surface area contributed by atoms with Crippen molar-refractivity contribution in [3.63, 3.8) is 0 Å². The minimum absolute atomic E-state index is 0.0399. The molecule has 10 heteroatoms. The van der Waals surface area contributed by atoms with E-state index in [1.165, 1.54) is 25.1 Å². The summed E-state index contributed by atoms with van der Waals surface area (Å²) in [5.41, 5.74) is 3.79. The maximum absolute atomic E-state index is 12.0. The fourth-order valence-corrected chi connectivity index (χ4v) is 3.40. The highest BCUT2D eigenvalue weighted by Gasteiger charge is 2.13. The van der Waals surface area contributed by atoms with Crippen molar-refractivity contribution in [3.8, 4) is 22.9 Å². The number of nitrogens with zero attached hydrogens (tertiary/aromatic N) is 4. The topological polar surface area (TPSA) is 102 Å². The van der Waals surface area contributed by atoms with Crippen LogP contribution in [0.25, 0.3) is 11.4 Å². The third-order valence-electron chi connectivity index (χ3n) is 3.91. The Kier molecular flexibility index (Phi) is 6.89. The first-order valence-electron chi connectivity index (χ1n) is 8.45. The summed E-state index contributed by atoms with van der Waals surface area (Å²) in [6.45, 7) is 0. The van der Waals surface area contributed by atoms with Gasteiger partial charge in [0.15, 0.2) is 22.5 Å². The number of phenols is 1. The molecule has 0 aliphatic heterocycles. The van der Waals surface area contributed by atoms with Gasteiger partial charge in [0.05, 0.1) is 19.1 Å². The first-order valence-corrected chi connectivity index (χ1v) is 10.2. The molecule has 150 valence electrons. The molecule has 3 rings (SSSR count). The molecule has 29 heavy (non-hydrogen) atoms. The van der Waals surface area contributed by atoms with Crippen LogP contribution < -0.4 is 10.2 Å². The molecular formula is C19H18BrN5O3S. The number of benzene rings is 2. The number of amides is 1. The van der Waals surface area contributed by atoms with E-state index in [9.17, 15) is 9.90 Å². The zero-order valence-electron chi connectivity index (χ0n) is 15.7. The SMILES string of the molecule is COc1cccc(/C=N\NC(=O)CSc2nnc(-c3ccc(Br)cc3)n2C)c1O. The summed E-state index contributed by atoms with van der Waals surface area (Å²) in [5, 5.41) is 22.8. The minimum Gasteiger partial charge on any atom is -0.504 e. The standard InChI is InChI=1S/C19H18BrN5O3S/c1-25-18(12-6-8-14(20)9-7-12)23-24-19(25)29-11-16(26)22-21-10-13-4-3-5-15(28-2)17(13)27/h3-10,27H,11H2,1-2H3,(H,22,26)/b21-10-. The number of nitrogens with one attached hydrogen (secondary N) is 1. The molecule has 8 nitrogen and oxygen atoms in total. The van der Waals surface area contributed by atoms with Gasteiger partial charge in [-0.1, -0.05) is 45.9 Å². The summed E-state index contributed by atoms with van der Waals surface area (Å²) >= 11 is 4.66. The monoisotopic (exact) mass is 475 g/mol. The maximum atomic E-state index is 12.0. The molecule has 0 saturated heterocycles. The van der Waals surface area contributed by atoms with Crippen LogP contribution in [-0.4, -0.2) is 44.9 Å². The summed E-state index contributed by atoms with van der Waals surface area (Å²) in [4.78, 5) is 12.0. The Hall–Kier alpha value is -2.85. The number of methoxy groups -OCH3 is 1. The van der Waals surface area contributed by atoms with E-state index in [1.54, 1.807) is 18.2 Å². The number of hydrogen-bond acceptors (Lipinski definition) is 7. The van der Waals surface area contributed by atoms with E-state index < -0.39 is 0 Å². The largest absolute Gasteiger partial charge is 0.504 e. The second-order valence-corrected chi connectivity index (χ2v) is 7.71. The lowest BCUT2D eigenvalue weighted by molar-refractivity contribution is -0.118. The van der Waals surface area contributed by atoms with Gasteiger partial charge in [-0.05, 0) is 24.3 Å². The number of rotatable bonds is 7. The Morgan fingerprint density at radius 3 is 2.79 bits per heavy atom. The number of thioether (sulfide) groups is 1. The number of para-hydroxylation sites is 1. The van der Waals surface area contributed by atoms with Crippen LogP contribution in [0.1, 0.15) is 5.56 Å². The van der Waals surface area contributed by atoms with E-state index in [4.69, 9.17) is 4.74 Å². The smallest absolute Gasteiger partial charge is 0.250 e. The van der Waals surface area contributed by atoms with Gasteiger partial charge < -0.3 is 14.4 Å². The quantitative estimate of drug-likeness (QED) is 0.309. The molecule has 0 spiro atoms. The van der Waals surface area contributed by atoms with Crippen LogP contribution in [0.3, 0.4) is 0 Å². The molecule has 1 aromatic heterocycles. The highest BCUT2D eigenvalue weighted by atomic mass is 79.9. The van der Waals surface area contributed by atoms with Crippen molar-refractivity contribution in [3.05, 3.63) is 52.5 Å². The van der Waals surface area contributed by atoms with Crippen molar-refractivity contribution in [1.29, 1.82) is 0 Å². The van der Waals surface area contributed by atoms with Crippen molar-refractivity contribution in [1.82, 2.24) is 20.2 Å². The molecule has 0 radical (unpaired) electrons. The summed E-state index contributed by atoms with van der Waals surface area (Å²) in [6, 6.07) is 12.8. The molecule has 0 atom stereocenters. The van der Waals surface area contributed by atoms with Crippen LogP contribution in [0.4, 0.5) is 0 Å². The third kappa shape index (κ3) is 5.15. The second kappa shape index (κ2) is 9.57. The molecule has 3 aromatic rings. The lowest BCUT2D eigenvalue weighted by Gasteiger charge is -2.05. The average molecular weight is 476 g/mol. The fraction of sp³-hybridized carbons (Fsp3) is 0.158. The van der Waals surface area contributed by atoms with Crippen molar-refractivity contribution in [2.45, 2.75) is 5.16 Å². The number of carbonyl (C=O) groups is 1. The molecule has 0 aliphatic rings. The van der Waals surface area contributed by atoms with E-state index in [1.807, 2.05) is 35.9 Å². The molecule has 0 unspecified atom stereocenters.